The zero-order valence-corrected chi connectivity index (χ0v) is 41.9. The number of anilines is 4. The van der Waals surface area contributed by atoms with Crippen LogP contribution in [0.4, 0.5) is 32.1 Å². The molecule has 4 heterocycles. The third-order valence-electron chi connectivity index (χ3n) is 13.2. The van der Waals surface area contributed by atoms with Gasteiger partial charge in [0.2, 0.25) is 11.9 Å². The Morgan fingerprint density at radius 1 is 0.671 bits per heavy atom. The highest BCUT2D eigenvalue weighted by atomic mass is 19.1. The fourth-order valence-corrected chi connectivity index (χ4v) is 9.47. The van der Waals surface area contributed by atoms with Crippen LogP contribution in [0.25, 0.3) is 44.6 Å². The zero-order chi connectivity index (χ0) is 52.5. The fourth-order valence-electron chi connectivity index (χ4n) is 9.47. The first-order chi connectivity index (χ1) is 34.9. The number of nitrogens with zero attached hydrogens (tertiary/aromatic N) is 6. The van der Waals surface area contributed by atoms with Gasteiger partial charge in [0.05, 0.1) is 45.2 Å². The van der Waals surface area contributed by atoms with Crippen molar-refractivity contribution in [3.05, 3.63) is 131 Å². The van der Waals surface area contributed by atoms with E-state index in [9.17, 15) is 13.6 Å². The number of halogens is 2. The van der Waals surface area contributed by atoms with Crippen molar-refractivity contribution >= 4 is 57.1 Å². The van der Waals surface area contributed by atoms with E-state index < -0.39 is 11.4 Å². The number of H-pyrrole nitrogens is 2. The molecule has 73 heavy (non-hydrogen) atoms. The van der Waals surface area contributed by atoms with Gasteiger partial charge in [-0.25, -0.2) is 28.7 Å². The van der Waals surface area contributed by atoms with Crippen LogP contribution in [0.2, 0.25) is 0 Å². The highest BCUT2D eigenvalue weighted by Crippen LogP contribution is 2.34. The largest absolute Gasteiger partial charge is 0.396 e. The Hall–Kier alpha value is -8.15. The molecule has 11 N–H and O–H groups in total. The number of carbonyl (C=O) groups is 1. The van der Waals surface area contributed by atoms with Crippen LogP contribution in [0.1, 0.15) is 97.8 Å². The van der Waals surface area contributed by atoms with Gasteiger partial charge in [-0.3, -0.25) is 15.0 Å². The Morgan fingerprint density at radius 2 is 1.18 bits per heavy atom. The molecule has 17 nitrogen and oxygen atoms in total. The lowest BCUT2D eigenvalue weighted by Crippen LogP contribution is -2.51. The Bertz CT molecular complexity index is 3240. The number of para-hydroxylation sites is 3. The maximum absolute atomic E-state index is 13.9. The quantitative estimate of drug-likeness (QED) is 0.0659. The minimum atomic E-state index is -0.594. The third kappa shape index (κ3) is 13.0. The molecule has 2 aliphatic carbocycles. The first-order valence-corrected chi connectivity index (χ1v) is 24.1. The summed E-state index contributed by atoms with van der Waals surface area (Å²) in [6.45, 7) is 12.3. The molecule has 0 bridgehead atoms. The third-order valence-corrected chi connectivity index (χ3v) is 13.2. The molecule has 10 rings (SSSR count). The van der Waals surface area contributed by atoms with E-state index in [2.05, 4.69) is 78.4 Å². The number of benzene rings is 4. The van der Waals surface area contributed by atoms with Crippen molar-refractivity contribution in [3.63, 3.8) is 0 Å². The van der Waals surface area contributed by atoms with E-state index >= 15 is 0 Å². The van der Waals surface area contributed by atoms with E-state index in [4.69, 9.17) is 36.8 Å². The van der Waals surface area contributed by atoms with Crippen LogP contribution in [0, 0.1) is 39.3 Å². The molecule has 0 saturated heterocycles. The van der Waals surface area contributed by atoms with Gasteiger partial charge in [0.25, 0.3) is 5.91 Å². The second kappa shape index (κ2) is 22.9. The zero-order valence-electron chi connectivity index (χ0n) is 41.9. The van der Waals surface area contributed by atoms with E-state index in [1.807, 2.05) is 58.3 Å². The number of hydrogen-bond donors (Lipinski definition) is 8. The highest BCUT2D eigenvalue weighted by molar-refractivity contribution is 5.96. The van der Waals surface area contributed by atoms with Gasteiger partial charge in [-0.15, -0.1) is 0 Å². The Morgan fingerprint density at radius 3 is 1.67 bits per heavy atom. The van der Waals surface area contributed by atoms with Crippen LogP contribution < -0.4 is 33.2 Å². The number of nitrogens with one attached hydrogen (secondary N) is 5. The van der Waals surface area contributed by atoms with Gasteiger partial charge >= 0.3 is 6.15 Å². The number of rotatable bonds is 8. The second-order valence-corrected chi connectivity index (χ2v) is 19.5. The predicted molar refractivity (Wildman–Crippen MR) is 280 cm³/mol. The predicted octanol–water partition coefficient (Wildman–Crippen LogP) is 9.43. The fraction of sp³-hybridized carbons (Fsp3) is 0.333. The number of aromatic amines is 2. The summed E-state index contributed by atoms with van der Waals surface area (Å²) in [6, 6.07) is 23.0. The molecule has 0 radical (unpaired) electrons. The second-order valence-electron chi connectivity index (χ2n) is 19.5. The molecular weight excluding hydrogens is 931 g/mol. The molecule has 0 aliphatic heterocycles. The van der Waals surface area contributed by atoms with Gasteiger partial charge in [-0.05, 0) is 145 Å². The van der Waals surface area contributed by atoms with Crippen molar-refractivity contribution in [1.82, 2.24) is 45.6 Å². The molecule has 8 aromatic rings. The molecule has 0 spiro atoms. The number of amides is 1. The molecule has 19 heteroatoms. The standard InChI is InChI=1S/C27H30FN7O.C20H26N6.C6H6FN.CO2/c1-15-6-4-8-19-22(15)34-35-24(19)23-16(2)14-30-26(32-23)31-18-7-5-11-27(3,13-18)33-25(36)17-9-10-21(29)20(28)12-17;1-12-6-4-8-15-16(12)25-26-18(15)17-13(2)11-22-19(24-17)23-14-7-5-9-20(3,21)10-14;7-5-3-1-2-4-6(5)8;2-1-3/h4,6,8-10,12,14,18H,5,7,11,13,29H2,1-3H3,(H,33,36)(H,34,35)(H,30,31,32);4,6,8,11,14H,5,7,9-10,21H2,1-3H3,(H,25,26)(H,22,23,24);1-4H,8H2;/t18-,27+;14-,20+;;/m11../s1. The van der Waals surface area contributed by atoms with Crippen LogP contribution in [-0.2, 0) is 9.59 Å². The first kappa shape index (κ1) is 52.7. The van der Waals surface area contributed by atoms with Gasteiger partial charge in [-0.1, -0.05) is 48.5 Å². The highest BCUT2D eigenvalue weighted by Gasteiger charge is 2.35. The lowest BCUT2D eigenvalue weighted by molar-refractivity contribution is -0.191. The number of aryl methyl sites for hydroxylation is 4. The number of carbonyl (C=O) groups excluding carboxylic acids is 3. The number of aromatic nitrogens is 8. The van der Waals surface area contributed by atoms with Crippen molar-refractivity contribution in [2.24, 2.45) is 5.73 Å². The molecular formula is C54H62F2N14O3. The molecule has 2 saturated carbocycles. The lowest BCUT2D eigenvalue weighted by Gasteiger charge is -2.39. The lowest BCUT2D eigenvalue weighted by atomic mass is 9.80. The van der Waals surface area contributed by atoms with Crippen molar-refractivity contribution in [2.45, 2.75) is 116 Å². The normalized spacial score (nSPS) is 19.2. The van der Waals surface area contributed by atoms with Crippen LogP contribution in [0.5, 0.6) is 0 Å². The van der Waals surface area contributed by atoms with Gasteiger partial charge in [0.15, 0.2) is 0 Å². The minimum absolute atomic E-state index is 0.0235. The van der Waals surface area contributed by atoms with Crippen molar-refractivity contribution in [3.8, 4) is 22.8 Å². The Balaban J connectivity index is 0.000000183. The summed E-state index contributed by atoms with van der Waals surface area (Å²) in [6.07, 6.45) is 11.6. The topological polar surface area (TPSA) is 274 Å². The Kier molecular flexibility index (Phi) is 16.6. The molecule has 2 aliphatic rings. The molecule has 1 amide bonds. The van der Waals surface area contributed by atoms with E-state index in [1.54, 1.807) is 12.1 Å². The van der Waals surface area contributed by atoms with Crippen molar-refractivity contribution in [1.29, 1.82) is 0 Å². The molecule has 4 atom stereocenters. The van der Waals surface area contributed by atoms with E-state index in [-0.39, 0.29) is 46.4 Å². The van der Waals surface area contributed by atoms with Crippen molar-refractivity contribution in [2.75, 3.05) is 22.1 Å². The number of hydrogen-bond acceptors (Lipinski definition) is 14. The summed E-state index contributed by atoms with van der Waals surface area (Å²) in [5, 5.41) is 27.5. The smallest absolute Gasteiger partial charge is 0.373 e. The van der Waals surface area contributed by atoms with E-state index in [0.717, 1.165) is 112 Å². The summed E-state index contributed by atoms with van der Waals surface area (Å²) in [7, 11) is 0. The average Bonchev–Trinajstić information content (AvgIpc) is 3.99. The van der Waals surface area contributed by atoms with Gasteiger partial charge in [-0.2, -0.15) is 19.8 Å². The van der Waals surface area contributed by atoms with Gasteiger partial charge < -0.3 is 33.2 Å². The van der Waals surface area contributed by atoms with Crippen molar-refractivity contribution < 1.29 is 23.2 Å². The summed E-state index contributed by atoms with van der Waals surface area (Å²) >= 11 is 0. The molecule has 4 aromatic heterocycles. The maximum Gasteiger partial charge on any atom is 0.373 e. The monoisotopic (exact) mass is 993 g/mol. The summed E-state index contributed by atoms with van der Waals surface area (Å²) in [4.78, 5) is 47.7. The summed E-state index contributed by atoms with van der Waals surface area (Å²) in [5.74, 6) is -0.0701. The van der Waals surface area contributed by atoms with Crippen LogP contribution >= 0.6 is 0 Å². The van der Waals surface area contributed by atoms with Gasteiger partial charge in [0.1, 0.15) is 11.6 Å². The number of fused-ring (bicyclic) bond motifs is 2. The average molecular weight is 993 g/mol. The first-order valence-electron chi connectivity index (χ1n) is 24.1. The van der Waals surface area contributed by atoms with Gasteiger partial charge in [0, 0.05) is 51.9 Å². The number of nitrogens with two attached hydrogens (primary N) is 3. The minimum Gasteiger partial charge on any atom is -0.396 e. The van der Waals surface area contributed by atoms with E-state index in [0.29, 0.717) is 24.4 Å². The maximum atomic E-state index is 13.9. The Labute approximate surface area is 422 Å². The summed E-state index contributed by atoms with van der Waals surface area (Å²) in [5.41, 5.74) is 26.6. The summed E-state index contributed by atoms with van der Waals surface area (Å²) < 4.78 is 26.0. The van der Waals surface area contributed by atoms with Crippen LogP contribution in [0.15, 0.2) is 91.3 Å². The molecule has 4 aromatic carbocycles. The van der Waals surface area contributed by atoms with Crippen LogP contribution in [0.3, 0.4) is 0 Å². The van der Waals surface area contributed by atoms with Crippen LogP contribution in [-0.4, -0.2) is 75.6 Å². The molecule has 0 unspecified atom stereocenters. The SMILES string of the molecule is Cc1cnc(N[C@@H]2CCC[C@](C)(N)C2)nc1-c1[nH]nc2c(C)cccc12.Cc1cnc(N[C@@H]2CCC[C@](C)(NC(=O)c3ccc(N)c(F)c3)C2)nc1-c1[nH]nc2c(C)cccc12.Nc1ccccc1F.O=C=O. The molecule has 2 fully saturated rings. The van der Waals surface area contributed by atoms with E-state index in [1.165, 1.54) is 30.3 Å². The number of nitrogen functional groups attached to an aromatic ring is 2. The molecule has 380 valence electrons.